The van der Waals surface area contributed by atoms with Crippen molar-refractivity contribution in [3.63, 3.8) is 0 Å². The molecule has 1 fully saturated rings. The summed E-state index contributed by atoms with van der Waals surface area (Å²) in [7, 11) is 0. The molecule has 0 bridgehead atoms. The van der Waals surface area contributed by atoms with Gasteiger partial charge in [0.15, 0.2) is 5.16 Å². The molecule has 0 atom stereocenters. The molecule has 0 saturated carbocycles. The maximum atomic E-state index is 11.9. The summed E-state index contributed by atoms with van der Waals surface area (Å²) < 4.78 is 2.08. The van der Waals surface area contributed by atoms with E-state index in [2.05, 4.69) is 43.7 Å². The average Bonchev–Trinajstić information content (AvgIpc) is 3.18. The fourth-order valence-electron chi connectivity index (χ4n) is 3.57. The van der Waals surface area contributed by atoms with Gasteiger partial charge < -0.3 is 14.4 Å². The summed E-state index contributed by atoms with van der Waals surface area (Å²) in [6.45, 7) is 2.79. The van der Waals surface area contributed by atoms with Crippen molar-refractivity contribution in [1.29, 1.82) is 5.26 Å². The Kier molecular flexibility index (Phi) is 5.17. The highest BCUT2D eigenvalue weighted by Gasteiger charge is 2.22. The number of hydrogen-bond donors (Lipinski definition) is 0. The molecule has 1 aliphatic heterocycles. The van der Waals surface area contributed by atoms with Gasteiger partial charge in [-0.05, 0) is 30.5 Å². The van der Waals surface area contributed by atoms with Gasteiger partial charge in [0.1, 0.15) is 12.2 Å². The van der Waals surface area contributed by atoms with Crippen molar-refractivity contribution in [1.82, 2.24) is 19.4 Å². The van der Waals surface area contributed by atoms with Gasteiger partial charge in [-0.1, -0.05) is 17.8 Å². The molecule has 1 aromatic carbocycles. The van der Waals surface area contributed by atoms with E-state index in [1.807, 2.05) is 24.6 Å². The molecule has 0 N–H and O–H groups in total. The van der Waals surface area contributed by atoms with E-state index in [1.165, 1.54) is 11.8 Å². The second kappa shape index (κ2) is 7.90. The highest BCUT2D eigenvalue weighted by Crippen LogP contribution is 2.30. The van der Waals surface area contributed by atoms with Crippen LogP contribution in [0.15, 0.2) is 47.9 Å². The van der Waals surface area contributed by atoms with E-state index in [4.69, 9.17) is 5.26 Å². The number of benzene rings is 1. The lowest BCUT2D eigenvalue weighted by Gasteiger charge is -2.36. The monoisotopic (exact) mass is 392 g/mol. The van der Waals surface area contributed by atoms with Crippen LogP contribution in [-0.4, -0.2) is 57.8 Å². The molecule has 3 heterocycles. The van der Waals surface area contributed by atoms with Crippen molar-refractivity contribution in [2.75, 3.05) is 37.3 Å². The van der Waals surface area contributed by atoms with Crippen LogP contribution in [0.1, 0.15) is 6.42 Å². The number of nitriles is 1. The zero-order valence-electron chi connectivity index (χ0n) is 15.6. The van der Waals surface area contributed by atoms with Crippen molar-refractivity contribution >= 4 is 34.3 Å². The number of piperazine rings is 1. The van der Waals surface area contributed by atoms with Crippen molar-refractivity contribution < 1.29 is 4.79 Å². The number of hydrogen-bond acceptors (Lipinski definition) is 6. The molecule has 0 spiro atoms. The number of anilines is 1. The van der Waals surface area contributed by atoms with Gasteiger partial charge in [0.2, 0.25) is 5.91 Å². The van der Waals surface area contributed by atoms with Crippen LogP contribution in [0.2, 0.25) is 0 Å². The molecule has 1 amide bonds. The zero-order valence-corrected chi connectivity index (χ0v) is 16.4. The first-order valence-corrected chi connectivity index (χ1v) is 10.3. The summed E-state index contributed by atoms with van der Waals surface area (Å²) in [4.78, 5) is 24.9. The van der Waals surface area contributed by atoms with Crippen LogP contribution in [0.25, 0.3) is 16.7 Å². The van der Waals surface area contributed by atoms with Gasteiger partial charge in [0.25, 0.3) is 0 Å². The summed E-state index contributed by atoms with van der Waals surface area (Å²) in [5.41, 5.74) is 2.24. The molecule has 0 unspecified atom stereocenters. The Bertz CT molecular complexity index is 1050. The lowest BCUT2D eigenvalue weighted by molar-refractivity contribution is -0.130. The molecule has 142 valence electrons. The number of aromatic nitrogens is 3. The van der Waals surface area contributed by atoms with Gasteiger partial charge in [-0.25, -0.2) is 9.97 Å². The zero-order chi connectivity index (χ0) is 19.5. The number of rotatable bonds is 4. The second-order valence-electron chi connectivity index (χ2n) is 6.50. The molecule has 8 heteroatoms. The highest BCUT2D eigenvalue weighted by atomic mass is 32.2. The van der Waals surface area contributed by atoms with Crippen LogP contribution in [-0.2, 0) is 4.79 Å². The van der Waals surface area contributed by atoms with E-state index in [-0.39, 0.29) is 12.3 Å². The first-order chi connectivity index (χ1) is 13.7. The third-order valence-corrected chi connectivity index (χ3v) is 5.52. The molecular formula is C20H20N6OS. The predicted octanol–water partition coefficient (Wildman–Crippen LogP) is 2.70. The Morgan fingerprint density at radius 1 is 1.21 bits per heavy atom. The van der Waals surface area contributed by atoms with Crippen molar-refractivity contribution in [2.45, 2.75) is 11.6 Å². The van der Waals surface area contributed by atoms with Crippen molar-refractivity contribution in [3.05, 3.63) is 42.7 Å². The van der Waals surface area contributed by atoms with Gasteiger partial charge in [0, 0.05) is 49.6 Å². The highest BCUT2D eigenvalue weighted by molar-refractivity contribution is 7.98. The first-order valence-electron chi connectivity index (χ1n) is 9.08. The van der Waals surface area contributed by atoms with Gasteiger partial charge >= 0.3 is 0 Å². The molecule has 4 rings (SSSR count). The summed E-state index contributed by atoms with van der Waals surface area (Å²) in [6.07, 6.45) is 5.73. The molecular weight excluding hydrogens is 372 g/mol. The quantitative estimate of drug-likeness (QED) is 0.502. The molecule has 1 aliphatic rings. The minimum Gasteiger partial charge on any atom is -0.367 e. The number of thioether (sulfide) groups is 1. The normalized spacial score (nSPS) is 14.3. The third-order valence-electron chi connectivity index (χ3n) is 4.96. The Balaban J connectivity index is 1.61. The lowest BCUT2D eigenvalue weighted by atomic mass is 10.1. The summed E-state index contributed by atoms with van der Waals surface area (Å²) in [5.74, 6) is 0.762. The summed E-state index contributed by atoms with van der Waals surface area (Å²) in [5, 5.41) is 10.6. The predicted molar refractivity (Wildman–Crippen MR) is 110 cm³/mol. The Morgan fingerprint density at radius 3 is 2.79 bits per heavy atom. The van der Waals surface area contributed by atoms with E-state index in [9.17, 15) is 4.79 Å². The number of carbonyl (C=O) groups is 1. The minimum atomic E-state index is -0.0835. The molecule has 7 nitrogen and oxygen atoms in total. The summed E-state index contributed by atoms with van der Waals surface area (Å²) in [6, 6.07) is 12.2. The fraction of sp³-hybridized carbons (Fsp3) is 0.300. The topological polar surface area (TPSA) is 78.0 Å². The number of carbonyl (C=O) groups excluding carboxylic acids is 1. The second-order valence-corrected chi connectivity index (χ2v) is 7.27. The minimum absolute atomic E-state index is 0.0462. The molecule has 28 heavy (non-hydrogen) atoms. The van der Waals surface area contributed by atoms with E-state index < -0.39 is 0 Å². The maximum Gasteiger partial charge on any atom is 0.236 e. The SMILES string of the molecule is CSc1nccc(-n2ccc3c(N4CCN(C(=O)CC#N)CC4)cccc32)n1. The smallest absolute Gasteiger partial charge is 0.236 e. The molecule has 2 aromatic heterocycles. The van der Waals surface area contributed by atoms with Crippen LogP contribution in [0.4, 0.5) is 5.69 Å². The van der Waals surface area contributed by atoms with Gasteiger partial charge in [0.05, 0.1) is 11.6 Å². The van der Waals surface area contributed by atoms with E-state index >= 15 is 0 Å². The molecule has 0 aliphatic carbocycles. The van der Waals surface area contributed by atoms with Crippen LogP contribution in [0.5, 0.6) is 0 Å². The number of amides is 1. The standard InChI is InChI=1S/C20H20N6OS/c1-28-20-22-9-6-18(23-20)26-10-7-15-16(3-2-4-17(15)26)24-11-13-25(14-12-24)19(27)5-8-21/h2-4,6-7,9-10H,5,11-14H2,1H3. The van der Waals surface area contributed by atoms with Gasteiger partial charge in [-0.15, -0.1) is 0 Å². The number of nitrogens with zero attached hydrogens (tertiary/aromatic N) is 6. The largest absolute Gasteiger partial charge is 0.367 e. The Morgan fingerprint density at radius 2 is 2.04 bits per heavy atom. The molecule has 0 radical (unpaired) electrons. The van der Waals surface area contributed by atoms with Crippen LogP contribution in [0.3, 0.4) is 0 Å². The lowest BCUT2D eigenvalue weighted by Crippen LogP contribution is -2.48. The number of fused-ring (bicyclic) bond motifs is 1. The van der Waals surface area contributed by atoms with Crippen molar-refractivity contribution in [3.8, 4) is 11.9 Å². The van der Waals surface area contributed by atoms with Crippen LogP contribution in [0, 0.1) is 11.3 Å². The Hall–Kier alpha value is -3.05. The van der Waals surface area contributed by atoms with Crippen LogP contribution < -0.4 is 4.90 Å². The van der Waals surface area contributed by atoms with Gasteiger partial charge in [-0.2, -0.15) is 5.26 Å². The van der Waals surface area contributed by atoms with E-state index in [0.29, 0.717) is 13.1 Å². The van der Waals surface area contributed by atoms with Crippen LogP contribution >= 0.6 is 11.8 Å². The summed E-state index contributed by atoms with van der Waals surface area (Å²) >= 11 is 1.52. The van der Waals surface area contributed by atoms with E-state index in [0.717, 1.165) is 40.7 Å². The van der Waals surface area contributed by atoms with Crippen molar-refractivity contribution in [2.24, 2.45) is 0 Å². The molecule has 1 saturated heterocycles. The van der Waals surface area contributed by atoms with Gasteiger partial charge in [-0.3, -0.25) is 4.79 Å². The Labute approximate surface area is 167 Å². The van der Waals surface area contributed by atoms with E-state index in [1.54, 1.807) is 11.1 Å². The first kappa shape index (κ1) is 18.3. The molecule has 3 aromatic rings. The average molecular weight is 392 g/mol. The fourth-order valence-corrected chi connectivity index (χ4v) is 3.92. The third kappa shape index (κ3) is 3.41. The maximum absolute atomic E-state index is 11.9.